The first-order valence-electron chi connectivity index (χ1n) is 12.4. The predicted octanol–water partition coefficient (Wildman–Crippen LogP) is -0.425. The van der Waals surface area contributed by atoms with E-state index in [1.807, 2.05) is 18.2 Å². The number of rotatable bonds is 14. The van der Waals surface area contributed by atoms with E-state index in [1.54, 1.807) is 38.1 Å². The fourth-order valence-corrected chi connectivity index (χ4v) is 3.77. The Morgan fingerprint density at radius 3 is 1.85 bits per heavy atom. The first-order chi connectivity index (χ1) is 18.4. The van der Waals surface area contributed by atoms with Crippen molar-refractivity contribution in [2.75, 3.05) is 0 Å². The molecule has 0 saturated carbocycles. The molecule has 12 heteroatoms. The number of benzene rings is 2. The van der Waals surface area contributed by atoms with Crippen molar-refractivity contribution >= 4 is 29.6 Å². The summed E-state index contributed by atoms with van der Waals surface area (Å²) in [6.07, 6.45) is -0.432. The highest BCUT2D eigenvalue weighted by Crippen LogP contribution is 2.12. The molecule has 2 aromatic rings. The van der Waals surface area contributed by atoms with E-state index in [0.29, 0.717) is 5.56 Å². The third kappa shape index (κ3) is 10.1. The van der Waals surface area contributed by atoms with Crippen molar-refractivity contribution in [2.24, 2.45) is 17.4 Å². The van der Waals surface area contributed by atoms with E-state index in [0.717, 1.165) is 5.56 Å². The van der Waals surface area contributed by atoms with Crippen LogP contribution in [0.5, 0.6) is 5.75 Å². The Balaban J connectivity index is 2.24. The molecule has 4 amide bonds. The molecule has 0 aliphatic rings. The monoisotopic (exact) mass is 541 g/mol. The Morgan fingerprint density at radius 1 is 0.769 bits per heavy atom. The van der Waals surface area contributed by atoms with Crippen LogP contribution in [0.4, 0.5) is 0 Å². The maximum absolute atomic E-state index is 13.3. The first kappa shape index (κ1) is 30.8. The van der Waals surface area contributed by atoms with E-state index in [2.05, 4.69) is 16.0 Å². The molecule has 0 aliphatic heterocycles. The minimum atomic E-state index is -1.49. The molecular weight excluding hydrogens is 506 g/mol. The van der Waals surface area contributed by atoms with Crippen molar-refractivity contribution in [1.29, 1.82) is 0 Å². The maximum Gasteiger partial charge on any atom is 0.326 e. The third-order valence-corrected chi connectivity index (χ3v) is 5.91. The second kappa shape index (κ2) is 14.5. The second-order valence-electron chi connectivity index (χ2n) is 9.53. The van der Waals surface area contributed by atoms with E-state index in [-0.39, 0.29) is 18.6 Å². The molecule has 2 rings (SSSR count). The van der Waals surface area contributed by atoms with Gasteiger partial charge in [-0.25, -0.2) is 4.79 Å². The van der Waals surface area contributed by atoms with Gasteiger partial charge in [0.15, 0.2) is 0 Å². The van der Waals surface area contributed by atoms with Gasteiger partial charge >= 0.3 is 5.97 Å². The number of aromatic hydroxyl groups is 1. The number of carbonyl (C=O) groups excluding carboxylic acids is 4. The summed E-state index contributed by atoms with van der Waals surface area (Å²) in [6, 6.07) is 10.00. The summed E-state index contributed by atoms with van der Waals surface area (Å²) >= 11 is 0. The van der Waals surface area contributed by atoms with Gasteiger partial charge in [-0.1, -0.05) is 56.3 Å². The van der Waals surface area contributed by atoms with Crippen LogP contribution >= 0.6 is 0 Å². The lowest BCUT2D eigenvalue weighted by Gasteiger charge is -2.25. The van der Waals surface area contributed by atoms with Gasteiger partial charge in [0, 0.05) is 6.42 Å². The molecule has 0 aliphatic carbocycles. The molecule has 39 heavy (non-hydrogen) atoms. The molecule has 0 aromatic heterocycles. The Bertz CT molecular complexity index is 1150. The molecule has 0 saturated heterocycles. The molecule has 0 heterocycles. The number of aliphatic carboxylic acids is 1. The SMILES string of the molecule is CC(C)C(NC(=O)C(CC(N)=O)NC(=O)C(Cc1ccc(O)cc1)NC(=O)C(N)Cc1ccccc1)C(=O)O. The van der Waals surface area contributed by atoms with Gasteiger partial charge in [0.25, 0.3) is 0 Å². The van der Waals surface area contributed by atoms with Gasteiger partial charge in [0.1, 0.15) is 23.9 Å². The van der Waals surface area contributed by atoms with Crippen LogP contribution in [-0.4, -0.2) is 64.0 Å². The molecule has 12 nitrogen and oxygen atoms in total. The smallest absolute Gasteiger partial charge is 0.326 e. The van der Waals surface area contributed by atoms with Crippen molar-refractivity contribution in [3.05, 3.63) is 65.7 Å². The van der Waals surface area contributed by atoms with Gasteiger partial charge in [-0.15, -0.1) is 0 Å². The van der Waals surface area contributed by atoms with E-state index < -0.39 is 66.1 Å². The second-order valence-corrected chi connectivity index (χ2v) is 9.53. The summed E-state index contributed by atoms with van der Waals surface area (Å²) in [5.41, 5.74) is 12.7. The van der Waals surface area contributed by atoms with Gasteiger partial charge in [-0.2, -0.15) is 0 Å². The number of hydrogen-bond donors (Lipinski definition) is 7. The minimum Gasteiger partial charge on any atom is -0.508 e. The number of amides is 4. The normalized spacial score (nSPS) is 13.9. The van der Waals surface area contributed by atoms with Crippen LogP contribution in [0.3, 0.4) is 0 Å². The van der Waals surface area contributed by atoms with Crippen molar-refractivity contribution in [1.82, 2.24) is 16.0 Å². The fraction of sp³-hybridized carbons (Fsp3) is 0.370. The fourth-order valence-electron chi connectivity index (χ4n) is 3.77. The zero-order valence-electron chi connectivity index (χ0n) is 21.8. The Labute approximate surface area is 226 Å². The molecule has 2 aromatic carbocycles. The Hall–Kier alpha value is -4.45. The number of phenols is 1. The number of carboxylic acids is 1. The number of carbonyl (C=O) groups is 5. The van der Waals surface area contributed by atoms with E-state index >= 15 is 0 Å². The Morgan fingerprint density at radius 2 is 1.31 bits per heavy atom. The highest BCUT2D eigenvalue weighted by atomic mass is 16.4. The summed E-state index contributed by atoms with van der Waals surface area (Å²) in [6.45, 7) is 3.17. The van der Waals surface area contributed by atoms with Crippen molar-refractivity contribution in [2.45, 2.75) is 57.3 Å². The number of hydrogen-bond acceptors (Lipinski definition) is 7. The van der Waals surface area contributed by atoms with Crippen LogP contribution < -0.4 is 27.4 Å². The van der Waals surface area contributed by atoms with Crippen molar-refractivity contribution in [3.63, 3.8) is 0 Å². The third-order valence-electron chi connectivity index (χ3n) is 5.91. The van der Waals surface area contributed by atoms with Gasteiger partial charge in [0.05, 0.1) is 12.5 Å². The number of nitrogens with two attached hydrogens (primary N) is 2. The number of phenolic OH excluding ortho intramolecular Hbond substituents is 1. The topological polar surface area (TPSA) is 214 Å². The number of nitrogens with one attached hydrogen (secondary N) is 3. The lowest BCUT2D eigenvalue weighted by Crippen LogP contribution is -2.58. The molecule has 210 valence electrons. The first-order valence-corrected chi connectivity index (χ1v) is 12.4. The lowest BCUT2D eigenvalue weighted by molar-refractivity contribution is -0.143. The van der Waals surface area contributed by atoms with Crippen molar-refractivity contribution in [3.8, 4) is 5.75 Å². The van der Waals surface area contributed by atoms with Gasteiger partial charge in [-0.3, -0.25) is 19.2 Å². The largest absolute Gasteiger partial charge is 0.508 e. The van der Waals surface area contributed by atoms with E-state index in [4.69, 9.17) is 11.5 Å². The van der Waals surface area contributed by atoms with Gasteiger partial charge in [0.2, 0.25) is 23.6 Å². The van der Waals surface area contributed by atoms with E-state index in [9.17, 15) is 34.2 Å². The zero-order valence-corrected chi connectivity index (χ0v) is 21.8. The van der Waals surface area contributed by atoms with Gasteiger partial charge < -0.3 is 37.6 Å². The average Bonchev–Trinajstić information content (AvgIpc) is 2.87. The molecule has 4 unspecified atom stereocenters. The maximum atomic E-state index is 13.3. The molecule has 9 N–H and O–H groups in total. The van der Waals surface area contributed by atoms with Crippen molar-refractivity contribution < 1.29 is 34.2 Å². The van der Waals surface area contributed by atoms with Crippen LogP contribution in [0, 0.1) is 5.92 Å². The predicted molar refractivity (Wildman–Crippen MR) is 142 cm³/mol. The molecule has 0 radical (unpaired) electrons. The molecule has 0 fully saturated rings. The zero-order chi connectivity index (χ0) is 29.1. The number of carboxylic acid groups (broad SMARTS) is 1. The highest BCUT2D eigenvalue weighted by Gasteiger charge is 2.32. The Kier molecular flexibility index (Phi) is 11.4. The molecular formula is C27H35N5O7. The van der Waals surface area contributed by atoms with Crippen LogP contribution in [0.15, 0.2) is 54.6 Å². The summed E-state index contributed by atoms with van der Waals surface area (Å²) in [5.74, 6) is -5.03. The van der Waals surface area contributed by atoms with Crippen LogP contribution in [0.25, 0.3) is 0 Å². The lowest BCUT2D eigenvalue weighted by atomic mass is 10.0. The number of primary amides is 1. The minimum absolute atomic E-state index is 0.00463. The molecule has 0 spiro atoms. The highest BCUT2D eigenvalue weighted by molar-refractivity contribution is 5.96. The van der Waals surface area contributed by atoms with Crippen LogP contribution in [0.1, 0.15) is 31.4 Å². The average molecular weight is 542 g/mol. The van der Waals surface area contributed by atoms with E-state index in [1.165, 1.54) is 12.1 Å². The molecule has 4 atom stereocenters. The summed E-state index contributed by atoms with van der Waals surface area (Å²) in [7, 11) is 0. The van der Waals surface area contributed by atoms with Gasteiger partial charge in [-0.05, 0) is 35.6 Å². The molecule has 0 bridgehead atoms. The standard InChI is InChI=1S/C27H35N5O7/c1-15(2)23(27(38)39)32-26(37)21(14-22(29)34)31-25(36)20(13-17-8-10-18(33)11-9-17)30-24(35)19(28)12-16-6-4-3-5-7-16/h3-11,15,19-21,23,33H,12-14,28H2,1-2H3,(H2,29,34)(H,30,35)(H,31,36)(H,32,37)(H,38,39). The summed E-state index contributed by atoms with van der Waals surface area (Å²) in [4.78, 5) is 62.3. The quantitative estimate of drug-likeness (QED) is 0.166. The summed E-state index contributed by atoms with van der Waals surface area (Å²) in [5, 5.41) is 26.3. The summed E-state index contributed by atoms with van der Waals surface area (Å²) < 4.78 is 0. The van der Waals surface area contributed by atoms with Crippen LogP contribution in [-0.2, 0) is 36.8 Å². The van der Waals surface area contributed by atoms with Crippen LogP contribution in [0.2, 0.25) is 0 Å².